The number of ether oxygens (including phenoxy) is 1. The van der Waals surface area contributed by atoms with E-state index < -0.39 is 11.5 Å². The summed E-state index contributed by atoms with van der Waals surface area (Å²) in [6, 6.07) is -0.480. The largest absolute Gasteiger partial charge is 0.383 e. The molecule has 0 aromatic carbocycles. The van der Waals surface area contributed by atoms with Crippen LogP contribution < -0.4 is 17.0 Å². The highest BCUT2D eigenvalue weighted by Gasteiger charge is 2.42. The minimum atomic E-state index is -0.582. The Morgan fingerprint density at radius 3 is 2.65 bits per heavy atom. The summed E-state index contributed by atoms with van der Waals surface area (Å²) in [5.41, 5.74) is 6.88. The zero-order chi connectivity index (χ0) is 13.1. The maximum atomic E-state index is 11.6. The molecule has 1 aliphatic heterocycles. The smallest absolute Gasteiger partial charge is 0.253 e. The first-order valence-corrected chi connectivity index (χ1v) is 5.48. The van der Waals surface area contributed by atoms with Gasteiger partial charge in [-0.3, -0.25) is 19.9 Å². The zero-order valence-corrected chi connectivity index (χ0v) is 10.2. The van der Waals surface area contributed by atoms with Crippen LogP contribution >= 0.6 is 0 Å². The van der Waals surface area contributed by atoms with Crippen molar-refractivity contribution in [1.82, 2.24) is 10.3 Å². The monoisotopic (exact) mass is 244 g/mol. The van der Waals surface area contributed by atoms with E-state index in [1.165, 1.54) is 7.11 Å². The molecule has 0 spiro atoms. The Labute approximate surface area is 100 Å². The number of carbonyl (C=O) groups excluding carboxylic acids is 2. The van der Waals surface area contributed by atoms with E-state index in [0.717, 1.165) is 0 Å². The number of carbonyl (C=O) groups is 2. The highest BCUT2D eigenvalue weighted by Crippen LogP contribution is 2.30. The minimum Gasteiger partial charge on any atom is -0.383 e. The van der Waals surface area contributed by atoms with E-state index in [1.54, 1.807) is 6.92 Å². The number of primary amides is 1. The van der Waals surface area contributed by atoms with Gasteiger partial charge in [0.25, 0.3) is 5.91 Å². The average molecular weight is 244 g/mol. The molecule has 1 fully saturated rings. The number of nitrogens with one attached hydrogen (secondary N) is 1. The third kappa shape index (κ3) is 2.93. The van der Waals surface area contributed by atoms with E-state index in [2.05, 4.69) is 5.43 Å². The molecule has 7 heteroatoms. The molecule has 0 aromatic heterocycles. The molecule has 98 valence electrons. The van der Waals surface area contributed by atoms with Crippen molar-refractivity contribution in [1.29, 1.82) is 0 Å². The van der Waals surface area contributed by atoms with E-state index in [-0.39, 0.29) is 18.4 Å². The summed E-state index contributed by atoms with van der Waals surface area (Å²) in [7, 11) is 1.51. The second kappa shape index (κ2) is 5.44. The van der Waals surface area contributed by atoms with E-state index >= 15 is 0 Å². The van der Waals surface area contributed by atoms with Crippen LogP contribution in [0.3, 0.4) is 0 Å². The lowest BCUT2D eigenvalue weighted by atomic mass is 9.89. The Morgan fingerprint density at radius 2 is 2.24 bits per heavy atom. The summed E-state index contributed by atoms with van der Waals surface area (Å²) < 4.78 is 4.99. The molecule has 2 amide bonds. The van der Waals surface area contributed by atoms with E-state index in [4.69, 9.17) is 16.3 Å². The SMILES string of the molecule is COCC(C(=O)NN)N1CCC(C)(C(N)=O)C1. The lowest BCUT2D eigenvalue weighted by Gasteiger charge is -2.27. The number of rotatable bonds is 5. The lowest BCUT2D eigenvalue weighted by molar-refractivity contribution is -0.130. The first-order chi connectivity index (χ1) is 7.94. The summed E-state index contributed by atoms with van der Waals surface area (Å²) in [6.45, 7) is 3.11. The number of hydrazine groups is 1. The van der Waals surface area contributed by atoms with Gasteiger partial charge in [0, 0.05) is 20.2 Å². The highest BCUT2D eigenvalue weighted by molar-refractivity contribution is 5.83. The molecule has 1 aliphatic rings. The van der Waals surface area contributed by atoms with Crippen LogP contribution in [0.4, 0.5) is 0 Å². The summed E-state index contributed by atoms with van der Waals surface area (Å²) >= 11 is 0. The van der Waals surface area contributed by atoms with Crippen LogP contribution in [0, 0.1) is 5.41 Å². The quantitative estimate of drug-likeness (QED) is 0.300. The fourth-order valence-electron chi connectivity index (χ4n) is 2.06. The Hall–Kier alpha value is -1.18. The van der Waals surface area contributed by atoms with Crippen molar-refractivity contribution in [3.63, 3.8) is 0 Å². The molecule has 2 atom stereocenters. The molecule has 5 N–H and O–H groups in total. The summed E-state index contributed by atoms with van der Waals surface area (Å²) in [6.07, 6.45) is 0.639. The van der Waals surface area contributed by atoms with Gasteiger partial charge in [0.15, 0.2) is 0 Å². The van der Waals surface area contributed by atoms with Gasteiger partial charge in [0.2, 0.25) is 5.91 Å². The van der Waals surface area contributed by atoms with Crippen molar-refractivity contribution in [2.24, 2.45) is 17.0 Å². The second-order valence-corrected chi connectivity index (χ2v) is 4.63. The molecule has 0 bridgehead atoms. The molecule has 7 nitrogen and oxygen atoms in total. The van der Waals surface area contributed by atoms with Gasteiger partial charge in [-0.15, -0.1) is 0 Å². The summed E-state index contributed by atoms with van der Waals surface area (Å²) in [5, 5.41) is 0. The highest BCUT2D eigenvalue weighted by atomic mass is 16.5. The van der Waals surface area contributed by atoms with Crippen LogP contribution in [-0.2, 0) is 14.3 Å². The van der Waals surface area contributed by atoms with E-state index in [0.29, 0.717) is 19.5 Å². The second-order valence-electron chi connectivity index (χ2n) is 4.63. The van der Waals surface area contributed by atoms with Crippen molar-refractivity contribution >= 4 is 11.8 Å². The number of hydrogen-bond acceptors (Lipinski definition) is 5. The van der Waals surface area contributed by atoms with Crippen LogP contribution in [-0.4, -0.2) is 49.6 Å². The maximum Gasteiger partial charge on any atom is 0.253 e. The minimum absolute atomic E-state index is 0.234. The molecule has 1 heterocycles. The van der Waals surface area contributed by atoms with Crippen molar-refractivity contribution in [2.75, 3.05) is 26.8 Å². The lowest BCUT2D eigenvalue weighted by Crippen LogP contribution is -2.51. The predicted octanol–water partition coefficient (Wildman–Crippen LogP) is -1.81. The fraction of sp³-hybridized carbons (Fsp3) is 0.800. The maximum absolute atomic E-state index is 11.6. The first-order valence-electron chi connectivity index (χ1n) is 5.48. The molecule has 17 heavy (non-hydrogen) atoms. The molecule has 0 saturated carbocycles. The van der Waals surface area contributed by atoms with Gasteiger partial charge < -0.3 is 10.5 Å². The Balaban J connectivity index is 2.72. The van der Waals surface area contributed by atoms with E-state index in [1.807, 2.05) is 4.90 Å². The topological polar surface area (TPSA) is 111 Å². The van der Waals surface area contributed by atoms with Gasteiger partial charge in [0.1, 0.15) is 6.04 Å². The molecule has 0 aromatic rings. The molecule has 2 unspecified atom stereocenters. The van der Waals surface area contributed by atoms with Gasteiger partial charge in [-0.25, -0.2) is 5.84 Å². The van der Waals surface area contributed by atoms with Crippen molar-refractivity contribution < 1.29 is 14.3 Å². The molecule has 1 saturated heterocycles. The van der Waals surface area contributed by atoms with Crippen LogP contribution in [0.1, 0.15) is 13.3 Å². The third-order valence-corrected chi connectivity index (χ3v) is 3.31. The number of hydrogen-bond donors (Lipinski definition) is 3. The fourth-order valence-corrected chi connectivity index (χ4v) is 2.06. The number of nitrogens with zero attached hydrogens (tertiary/aromatic N) is 1. The average Bonchev–Trinajstić information content (AvgIpc) is 2.69. The summed E-state index contributed by atoms with van der Waals surface area (Å²) in [4.78, 5) is 24.8. The van der Waals surface area contributed by atoms with E-state index in [9.17, 15) is 9.59 Å². The standard InChI is InChI=1S/C10H20N4O3/c1-10(9(11)16)3-4-14(6-10)7(5-17-2)8(15)13-12/h7H,3-6,12H2,1-2H3,(H2,11,16)(H,13,15). The third-order valence-electron chi connectivity index (χ3n) is 3.31. The van der Waals surface area contributed by atoms with Crippen LogP contribution in [0.15, 0.2) is 0 Å². The van der Waals surface area contributed by atoms with Gasteiger partial charge in [-0.2, -0.15) is 0 Å². The molecule has 0 radical (unpaired) electrons. The van der Waals surface area contributed by atoms with Gasteiger partial charge in [-0.05, 0) is 13.3 Å². The van der Waals surface area contributed by atoms with Gasteiger partial charge >= 0.3 is 0 Å². The predicted molar refractivity (Wildman–Crippen MR) is 61.5 cm³/mol. The van der Waals surface area contributed by atoms with Crippen LogP contribution in [0.2, 0.25) is 0 Å². The number of likely N-dealkylation sites (tertiary alicyclic amines) is 1. The van der Waals surface area contributed by atoms with Crippen molar-refractivity contribution in [3.05, 3.63) is 0 Å². The normalized spacial score (nSPS) is 26.8. The molecular weight excluding hydrogens is 224 g/mol. The van der Waals surface area contributed by atoms with Gasteiger partial charge in [0.05, 0.1) is 12.0 Å². The molecule has 1 rings (SSSR count). The van der Waals surface area contributed by atoms with Crippen molar-refractivity contribution in [3.8, 4) is 0 Å². The first kappa shape index (κ1) is 13.9. The Kier molecular flexibility index (Phi) is 4.44. The Bertz CT molecular complexity index is 310. The number of nitrogens with two attached hydrogens (primary N) is 2. The molecule has 0 aliphatic carbocycles. The Morgan fingerprint density at radius 1 is 1.59 bits per heavy atom. The van der Waals surface area contributed by atoms with Crippen LogP contribution in [0.5, 0.6) is 0 Å². The van der Waals surface area contributed by atoms with Crippen molar-refractivity contribution in [2.45, 2.75) is 19.4 Å². The summed E-state index contributed by atoms with van der Waals surface area (Å²) in [5.74, 6) is 4.46. The number of methoxy groups -OCH3 is 1. The number of amides is 2. The van der Waals surface area contributed by atoms with Crippen LogP contribution in [0.25, 0.3) is 0 Å². The zero-order valence-electron chi connectivity index (χ0n) is 10.2. The van der Waals surface area contributed by atoms with Gasteiger partial charge in [-0.1, -0.05) is 0 Å². The molecular formula is C10H20N4O3.